The molecule has 27 heavy (non-hydrogen) atoms. The third-order valence-corrected chi connectivity index (χ3v) is 5.56. The van der Waals surface area contributed by atoms with Crippen LogP contribution in [-0.4, -0.2) is 70.1 Å². The van der Waals surface area contributed by atoms with Crippen LogP contribution in [0.25, 0.3) is 0 Å². The number of carbonyl (C=O) groups is 2. The molecule has 1 N–H and O–H groups in total. The second kappa shape index (κ2) is 8.08. The van der Waals surface area contributed by atoms with Crippen molar-refractivity contribution in [2.45, 2.75) is 51.2 Å². The van der Waals surface area contributed by atoms with Crippen LogP contribution >= 0.6 is 0 Å². The molecule has 0 unspecified atom stereocenters. The molecule has 0 bridgehead atoms. The summed E-state index contributed by atoms with van der Waals surface area (Å²) in [4.78, 5) is 53.8. The first-order valence-electron chi connectivity index (χ1n) is 9.31. The highest BCUT2D eigenvalue weighted by Gasteiger charge is 2.43. The topological polar surface area (TPSA) is 105 Å². The summed E-state index contributed by atoms with van der Waals surface area (Å²) in [7, 11) is 1.39. The average Bonchev–Trinajstić information content (AvgIpc) is 3.22. The zero-order chi connectivity index (χ0) is 19.6. The number of carbonyl (C=O) groups excluding carboxylic acids is 2. The van der Waals surface area contributed by atoms with E-state index in [-0.39, 0.29) is 24.5 Å². The molecule has 3 heterocycles. The number of nitrogens with zero attached hydrogens (tertiary/aromatic N) is 3. The van der Waals surface area contributed by atoms with Gasteiger partial charge in [0, 0.05) is 43.4 Å². The van der Waals surface area contributed by atoms with E-state index < -0.39 is 11.2 Å². The van der Waals surface area contributed by atoms with Gasteiger partial charge in [-0.25, -0.2) is 4.79 Å². The smallest absolute Gasteiger partial charge is 0.328 e. The summed E-state index contributed by atoms with van der Waals surface area (Å²) in [6, 6.07) is 0.454. The summed E-state index contributed by atoms with van der Waals surface area (Å²) in [5.74, 6) is -0.303. The number of hydrogen-bond donors (Lipinski definition) is 1. The minimum Gasteiger partial charge on any atom is -0.469 e. The zero-order valence-electron chi connectivity index (χ0n) is 15.8. The third-order valence-electron chi connectivity index (χ3n) is 5.56. The summed E-state index contributed by atoms with van der Waals surface area (Å²) in [5, 5.41) is 0. The lowest BCUT2D eigenvalue weighted by atomic mass is 10.1. The molecule has 9 heteroatoms. The Hall–Kier alpha value is -2.42. The first kappa shape index (κ1) is 19.3. The number of aromatic amines is 1. The monoisotopic (exact) mass is 378 g/mol. The van der Waals surface area contributed by atoms with Gasteiger partial charge in [0.15, 0.2) is 0 Å². The number of aryl methyl sites for hydroxylation is 1. The van der Waals surface area contributed by atoms with Gasteiger partial charge in [0.1, 0.15) is 6.54 Å². The van der Waals surface area contributed by atoms with Crippen molar-refractivity contribution in [2.75, 3.05) is 26.7 Å². The highest BCUT2D eigenvalue weighted by Crippen LogP contribution is 2.31. The van der Waals surface area contributed by atoms with Crippen molar-refractivity contribution >= 4 is 11.9 Å². The van der Waals surface area contributed by atoms with Crippen LogP contribution < -0.4 is 11.2 Å². The molecule has 2 fully saturated rings. The van der Waals surface area contributed by atoms with Crippen LogP contribution in [0.3, 0.4) is 0 Å². The lowest BCUT2D eigenvalue weighted by molar-refractivity contribution is -0.140. The third kappa shape index (κ3) is 4.13. The van der Waals surface area contributed by atoms with Crippen LogP contribution in [0.2, 0.25) is 0 Å². The zero-order valence-corrected chi connectivity index (χ0v) is 15.8. The Bertz CT molecular complexity index is 830. The van der Waals surface area contributed by atoms with Gasteiger partial charge in [-0.1, -0.05) is 0 Å². The van der Waals surface area contributed by atoms with Crippen molar-refractivity contribution in [3.8, 4) is 0 Å². The fourth-order valence-electron chi connectivity index (χ4n) is 4.16. The van der Waals surface area contributed by atoms with Crippen LogP contribution in [0, 0.1) is 6.92 Å². The minimum atomic E-state index is -0.564. The Kier molecular flexibility index (Phi) is 5.79. The second-order valence-electron chi connectivity index (χ2n) is 7.21. The van der Waals surface area contributed by atoms with Crippen LogP contribution in [0.1, 0.15) is 31.2 Å². The summed E-state index contributed by atoms with van der Waals surface area (Å²) < 4.78 is 5.93. The number of aromatic nitrogens is 2. The molecule has 0 radical (unpaired) electrons. The lowest BCUT2D eigenvalue weighted by Crippen LogP contribution is -2.43. The van der Waals surface area contributed by atoms with Crippen molar-refractivity contribution in [3.05, 3.63) is 32.6 Å². The molecule has 9 nitrogen and oxygen atoms in total. The highest BCUT2D eigenvalue weighted by molar-refractivity contribution is 5.77. The van der Waals surface area contributed by atoms with Crippen molar-refractivity contribution in [1.29, 1.82) is 0 Å². The standard InChI is InChI=1S/C18H26N4O5/c1-12-10-21(18(26)19-17(12)25)11-15(23)22-9-6-13-14(22)5-8-20(13)7-3-4-16(24)27-2/h10,13-14H,3-9,11H2,1-2H3,(H,19,25,26)/t13-,14-/m0/s1. The summed E-state index contributed by atoms with van der Waals surface area (Å²) >= 11 is 0. The predicted molar refractivity (Wildman–Crippen MR) is 97.4 cm³/mol. The van der Waals surface area contributed by atoms with Crippen molar-refractivity contribution in [1.82, 2.24) is 19.4 Å². The minimum absolute atomic E-state index is 0.0674. The molecular formula is C18H26N4O5. The van der Waals surface area contributed by atoms with E-state index in [0.29, 0.717) is 24.6 Å². The number of esters is 1. The van der Waals surface area contributed by atoms with E-state index in [2.05, 4.69) is 14.6 Å². The summed E-state index contributed by atoms with van der Waals surface area (Å²) in [6.45, 7) is 3.92. The van der Waals surface area contributed by atoms with Gasteiger partial charge in [-0.2, -0.15) is 0 Å². The predicted octanol–water partition coefficient (Wildman–Crippen LogP) is -0.527. The molecular weight excluding hydrogens is 352 g/mol. The number of amides is 1. The van der Waals surface area contributed by atoms with Crippen LogP contribution in [0.5, 0.6) is 0 Å². The van der Waals surface area contributed by atoms with Gasteiger partial charge in [0.25, 0.3) is 5.56 Å². The van der Waals surface area contributed by atoms with Crippen LogP contribution in [0.4, 0.5) is 0 Å². The van der Waals surface area contributed by atoms with Gasteiger partial charge in [-0.15, -0.1) is 0 Å². The van der Waals surface area contributed by atoms with Gasteiger partial charge in [-0.05, 0) is 32.7 Å². The second-order valence-corrected chi connectivity index (χ2v) is 7.21. The number of ether oxygens (including phenoxy) is 1. The molecule has 1 aromatic heterocycles. The molecule has 1 aromatic rings. The number of rotatable bonds is 6. The summed E-state index contributed by atoms with van der Waals surface area (Å²) in [5.41, 5.74) is -0.590. The molecule has 2 saturated heterocycles. The van der Waals surface area contributed by atoms with E-state index in [9.17, 15) is 19.2 Å². The van der Waals surface area contributed by atoms with Gasteiger partial charge >= 0.3 is 11.7 Å². The maximum atomic E-state index is 12.7. The number of nitrogens with one attached hydrogen (secondary N) is 1. The Balaban J connectivity index is 1.59. The average molecular weight is 378 g/mol. The first-order valence-corrected chi connectivity index (χ1v) is 9.31. The highest BCUT2D eigenvalue weighted by atomic mass is 16.5. The Morgan fingerprint density at radius 3 is 2.70 bits per heavy atom. The van der Waals surface area contributed by atoms with E-state index in [1.165, 1.54) is 17.9 Å². The van der Waals surface area contributed by atoms with E-state index in [1.54, 1.807) is 6.92 Å². The molecule has 1 amide bonds. The molecule has 2 atom stereocenters. The number of likely N-dealkylation sites (tertiary alicyclic amines) is 2. The van der Waals surface area contributed by atoms with Crippen molar-refractivity contribution in [2.24, 2.45) is 0 Å². The molecule has 2 aliphatic rings. The van der Waals surface area contributed by atoms with Crippen molar-refractivity contribution in [3.63, 3.8) is 0 Å². The lowest BCUT2D eigenvalue weighted by Gasteiger charge is -2.25. The SMILES string of the molecule is COC(=O)CCCN1CC[C@H]2[C@@H]1CCN2C(=O)Cn1cc(C)c(=O)[nH]c1=O. The van der Waals surface area contributed by atoms with Crippen LogP contribution in [-0.2, 0) is 20.9 Å². The molecule has 0 spiro atoms. The fraction of sp³-hybridized carbons (Fsp3) is 0.667. The molecule has 0 aromatic carbocycles. The molecule has 2 aliphatic heterocycles. The Morgan fingerprint density at radius 2 is 1.96 bits per heavy atom. The summed E-state index contributed by atoms with van der Waals surface area (Å²) in [6.07, 6.45) is 4.38. The van der Waals surface area contributed by atoms with Gasteiger partial charge in [-0.3, -0.25) is 28.8 Å². The molecule has 0 aliphatic carbocycles. The number of hydrogen-bond acceptors (Lipinski definition) is 6. The number of methoxy groups -OCH3 is 1. The van der Waals surface area contributed by atoms with E-state index in [4.69, 9.17) is 0 Å². The molecule has 148 valence electrons. The number of H-pyrrole nitrogens is 1. The first-order chi connectivity index (χ1) is 12.9. The molecule has 3 rings (SSSR count). The van der Waals surface area contributed by atoms with E-state index >= 15 is 0 Å². The van der Waals surface area contributed by atoms with E-state index in [0.717, 1.165) is 32.4 Å². The normalized spacial score (nSPS) is 22.1. The quantitative estimate of drug-likeness (QED) is 0.668. The van der Waals surface area contributed by atoms with Gasteiger partial charge in [0.2, 0.25) is 5.91 Å². The van der Waals surface area contributed by atoms with Crippen molar-refractivity contribution < 1.29 is 14.3 Å². The van der Waals surface area contributed by atoms with Gasteiger partial charge < -0.3 is 9.64 Å². The van der Waals surface area contributed by atoms with E-state index in [1.807, 2.05) is 4.90 Å². The maximum absolute atomic E-state index is 12.7. The number of fused-ring (bicyclic) bond motifs is 1. The maximum Gasteiger partial charge on any atom is 0.328 e. The Morgan fingerprint density at radius 1 is 1.22 bits per heavy atom. The Labute approximate surface area is 156 Å². The molecule has 0 saturated carbocycles. The fourth-order valence-corrected chi connectivity index (χ4v) is 4.16. The largest absolute Gasteiger partial charge is 0.469 e. The van der Waals surface area contributed by atoms with Crippen LogP contribution in [0.15, 0.2) is 15.8 Å². The van der Waals surface area contributed by atoms with Gasteiger partial charge in [0.05, 0.1) is 7.11 Å².